The number of hydrogen-bond donors (Lipinski definition) is 1. The highest BCUT2D eigenvalue weighted by atomic mass is 79.9. The van der Waals surface area contributed by atoms with Crippen molar-refractivity contribution in [1.29, 1.82) is 0 Å². The predicted octanol–water partition coefficient (Wildman–Crippen LogP) is 4.70. The average molecular weight is 397 g/mol. The molecular weight excluding hydrogens is 376 g/mol. The molecule has 4 heteroatoms. The molecule has 0 atom stereocenters. The first kappa shape index (κ1) is 16.4. The van der Waals surface area contributed by atoms with E-state index < -0.39 is 0 Å². The van der Waals surface area contributed by atoms with Crippen molar-refractivity contribution in [3.8, 4) is 0 Å². The van der Waals surface area contributed by atoms with E-state index >= 15 is 0 Å². The number of rotatable bonds is 3. The maximum atomic E-state index is 12.3. The number of benzene rings is 2. The Morgan fingerprint density at radius 1 is 1.12 bits per heavy atom. The van der Waals surface area contributed by atoms with E-state index in [1.54, 1.807) is 0 Å². The fraction of sp³-hybridized carbons (Fsp3) is 0.286. The van der Waals surface area contributed by atoms with Crippen molar-refractivity contribution in [2.75, 3.05) is 18.4 Å². The number of likely N-dealkylation sites (tertiary alicyclic amines) is 1. The van der Waals surface area contributed by atoms with Gasteiger partial charge in [0.25, 0.3) is 5.91 Å². The van der Waals surface area contributed by atoms with Crippen molar-refractivity contribution in [2.24, 2.45) is 5.92 Å². The number of fused-ring (bicyclic) bond motifs is 1. The lowest BCUT2D eigenvalue weighted by Gasteiger charge is -2.31. The van der Waals surface area contributed by atoms with E-state index in [1.165, 1.54) is 18.4 Å². The van der Waals surface area contributed by atoms with Crippen molar-refractivity contribution < 1.29 is 4.79 Å². The van der Waals surface area contributed by atoms with Crippen molar-refractivity contribution in [3.05, 3.63) is 70.3 Å². The molecule has 1 N–H and O–H groups in total. The molecule has 0 radical (unpaired) electrons. The van der Waals surface area contributed by atoms with Crippen LogP contribution in [0.1, 0.15) is 24.0 Å². The second kappa shape index (κ2) is 7.04. The van der Waals surface area contributed by atoms with Crippen LogP contribution in [-0.4, -0.2) is 23.9 Å². The van der Waals surface area contributed by atoms with E-state index in [-0.39, 0.29) is 5.91 Å². The zero-order valence-corrected chi connectivity index (χ0v) is 15.6. The van der Waals surface area contributed by atoms with Gasteiger partial charge in [-0.2, -0.15) is 0 Å². The summed E-state index contributed by atoms with van der Waals surface area (Å²) in [6.45, 7) is 2.02. The van der Waals surface area contributed by atoms with Crippen LogP contribution in [0.4, 0.5) is 5.69 Å². The molecule has 0 spiro atoms. The van der Waals surface area contributed by atoms with Crippen LogP contribution in [0.15, 0.2) is 59.2 Å². The van der Waals surface area contributed by atoms with E-state index in [9.17, 15) is 4.79 Å². The van der Waals surface area contributed by atoms with Gasteiger partial charge in [-0.05, 0) is 48.9 Å². The van der Waals surface area contributed by atoms with Crippen molar-refractivity contribution in [3.63, 3.8) is 0 Å². The summed E-state index contributed by atoms with van der Waals surface area (Å²) in [5.41, 5.74) is 4.09. The van der Waals surface area contributed by atoms with Crippen LogP contribution in [-0.2, 0) is 11.2 Å². The molecule has 0 unspecified atom stereocenters. The summed E-state index contributed by atoms with van der Waals surface area (Å²) in [5, 5.41) is 2.95. The second-order valence-electron chi connectivity index (χ2n) is 6.86. The summed E-state index contributed by atoms with van der Waals surface area (Å²) >= 11 is 3.50. The molecule has 1 amide bonds. The first-order chi connectivity index (χ1) is 12.2. The molecule has 2 aromatic carbocycles. The smallest absolute Gasteiger partial charge is 0.257 e. The van der Waals surface area contributed by atoms with E-state index in [1.807, 2.05) is 24.4 Å². The van der Waals surface area contributed by atoms with Crippen LogP contribution >= 0.6 is 15.9 Å². The Morgan fingerprint density at radius 3 is 2.64 bits per heavy atom. The highest BCUT2D eigenvalue weighted by molar-refractivity contribution is 9.10. The summed E-state index contributed by atoms with van der Waals surface area (Å²) in [6.07, 6.45) is 5.55. The van der Waals surface area contributed by atoms with Gasteiger partial charge in [-0.1, -0.05) is 46.3 Å². The van der Waals surface area contributed by atoms with Crippen LogP contribution in [0.2, 0.25) is 0 Å². The number of amides is 1. The van der Waals surface area contributed by atoms with Crippen LogP contribution < -0.4 is 5.32 Å². The molecule has 3 nitrogen and oxygen atoms in total. The molecule has 0 saturated carbocycles. The average Bonchev–Trinajstić information content (AvgIpc) is 2.93. The van der Waals surface area contributed by atoms with Gasteiger partial charge >= 0.3 is 0 Å². The minimum absolute atomic E-state index is 0.000455. The molecule has 1 fully saturated rings. The van der Waals surface area contributed by atoms with E-state index in [0.29, 0.717) is 0 Å². The molecule has 1 saturated heterocycles. The summed E-state index contributed by atoms with van der Waals surface area (Å²) in [7, 11) is 0. The molecule has 0 aromatic heterocycles. The van der Waals surface area contributed by atoms with Crippen molar-refractivity contribution >= 4 is 33.1 Å². The Hall–Kier alpha value is -2.07. The Kier molecular flexibility index (Phi) is 4.62. The maximum absolute atomic E-state index is 12.3. The van der Waals surface area contributed by atoms with Gasteiger partial charge in [-0.3, -0.25) is 4.79 Å². The van der Waals surface area contributed by atoms with Gasteiger partial charge in [-0.25, -0.2) is 0 Å². The van der Waals surface area contributed by atoms with Gasteiger partial charge < -0.3 is 10.2 Å². The minimum Gasteiger partial charge on any atom is -0.377 e. The molecular formula is C21H21BrN2O. The van der Waals surface area contributed by atoms with E-state index in [0.717, 1.165) is 46.7 Å². The third-order valence-electron chi connectivity index (χ3n) is 5.09. The van der Waals surface area contributed by atoms with Gasteiger partial charge in [0, 0.05) is 35.0 Å². The fourth-order valence-electron chi connectivity index (χ4n) is 3.70. The van der Waals surface area contributed by atoms with Crippen LogP contribution in [0.5, 0.6) is 0 Å². The van der Waals surface area contributed by atoms with Gasteiger partial charge in [-0.15, -0.1) is 0 Å². The number of piperidine rings is 1. The summed E-state index contributed by atoms with van der Waals surface area (Å²) in [6, 6.07) is 16.6. The lowest BCUT2D eigenvalue weighted by atomic mass is 9.90. The highest BCUT2D eigenvalue weighted by Gasteiger charge is 2.26. The largest absolute Gasteiger partial charge is 0.377 e. The van der Waals surface area contributed by atoms with E-state index in [4.69, 9.17) is 0 Å². The number of halogens is 1. The molecule has 2 aliphatic heterocycles. The molecule has 25 heavy (non-hydrogen) atoms. The Labute approximate surface area is 156 Å². The molecule has 0 aliphatic carbocycles. The van der Waals surface area contributed by atoms with Gasteiger partial charge in [0.1, 0.15) is 0 Å². The SMILES string of the molecule is O=C1Nc2ccc(Br)cc2/C1=C\N1CCC(Cc2ccccc2)CC1. The molecule has 128 valence electrons. The van der Waals surface area contributed by atoms with Crippen LogP contribution in [0, 0.1) is 5.92 Å². The van der Waals surface area contributed by atoms with Crippen LogP contribution in [0.25, 0.3) is 5.57 Å². The molecule has 2 heterocycles. The molecule has 4 rings (SSSR count). The summed E-state index contributed by atoms with van der Waals surface area (Å²) in [4.78, 5) is 14.6. The lowest BCUT2D eigenvalue weighted by molar-refractivity contribution is -0.110. The Balaban J connectivity index is 1.43. The van der Waals surface area contributed by atoms with Crippen molar-refractivity contribution in [1.82, 2.24) is 4.90 Å². The molecule has 2 aromatic rings. The Morgan fingerprint density at radius 2 is 1.88 bits per heavy atom. The normalized spacial score (nSPS) is 19.2. The maximum Gasteiger partial charge on any atom is 0.257 e. The molecule has 0 bridgehead atoms. The zero-order valence-electron chi connectivity index (χ0n) is 14.0. The van der Waals surface area contributed by atoms with Crippen LogP contribution in [0.3, 0.4) is 0 Å². The molecule has 2 aliphatic rings. The number of carbonyl (C=O) groups is 1. The fourth-order valence-corrected chi connectivity index (χ4v) is 4.07. The van der Waals surface area contributed by atoms with Gasteiger partial charge in [0.2, 0.25) is 0 Å². The number of nitrogens with one attached hydrogen (secondary N) is 1. The Bertz CT molecular complexity index is 808. The van der Waals surface area contributed by atoms with Gasteiger partial charge in [0.15, 0.2) is 0 Å². The topological polar surface area (TPSA) is 32.3 Å². The van der Waals surface area contributed by atoms with E-state index in [2.05, 4.69) is 56.5 Å². The number of hydrogen-bond acceptors (Lipinski definition) is 2. The highest BCUT2D eigenvalue weighted by Crippen LogP contribution is 2.34. The minimum atomic E-state index is -0.000455. The zero-order chi connectivity index (χ0) is 17.2. The summed E-state index contributed by atoms with van der Waals surface area (Å²) < 4.78 is 0.996. The third-order valence-corrected chi connectivity index (χ3v) is 5.59. The first-order valence-corrected chi connectivity index (χ1v) is 9.59. The standard InChI is InChI=1S/C21H21BrN2O/c22-17-6-7-20-18(13-17)19(21(25)23-20)14-24-10-8-16(9-11-24)12-15-4-2-1-3-5-15/h1-7,13-14,16H,8-12H2,(H,23,25)/b19-14+. The number of nitrogens with zero attached hydrogens (tertiary/aromatic N) is 1. The quantitative estimate of drug-likeness (QED) is 0.762. The second-order valence-corrected chi connectivity index (χ2v) is 7.77. The number of anilines is 1. The van der Waals surface area contributed by atoms with Gasteiger partial charge in [0.05, 0.1) is 5.57 Å². The van der Waals surface area contributed by atoms with Crippen molar-refractivity contribution in [2.45, 2.75) is 19.3 Å². The lowest BCUT2D eigenvalue weighted by Crippen LogP contribution is -2.31. The first-order valence-electron chi connectivity index (χ1n) is 8.80. The number of carbonyl (C=O) groups excluding carboxylic acids is 1. The predicted molar refractivity (Wildman–Crippen MR) is 105 cm³/mol. The third kappa shape index (κ3) is 3.64. The monoisotopic (exact) mass is 396 g/mol. The summed E-state index contributed by atoms with van der Waals surface area (Å²) in [5.74, 6) is 0.732.